The summed E-state index contributed by atoms with van der Waals surface area (Å²) in [6, 6.07) is 4.12. The Morgan fingerprint density at radius 1 is 1.27 bits per heavy atom. The van der Waals surface area contributed by atoms with Crippen LogP contribution in [0.4, 0.5) is 5.69 Å². The van der Waals surface area contributed by atoms with Gasteiger partial charge in [-0.25, -0.2) is 0 Å². The molecule has 3 nitrogen and oxygen atoms in total. The third-order valence-electron chi connectivity index (χ3n) is 3.18. The van der Waals surface area contributed by atoms with E-state index in [1.165, 1.54) is 18.5 Å². The lowest BCUT2D eigenvalue weighted by Crippen LogP contribution is -2.33. The second-order valence-electron chi connectivity index (χ2n) is 4.15. The lowest BCUT2D eigenvalue weighted by atomic mass is 9.94. The third kappa shape index (κ3) is 2.69. The first-order chi connectivity index (χ1) is 7.40. The number of aliphatic hydroxyl groups is 1. The van der Waals surface area contributed by atoms with Gasteiger partial charge >= 0.3 is 0 Å². The summed E-state index contributed by atoms with van der Waals surface area (Å²) in [5, 5.41) is 8.88. The van der Waals surface area contributed by atoms with Gasteiger partial charge in [-0.3, -0.25) is 4.98 Å². The van der Waals surface area contributed by atoms with Crippen LogP contribution in [0.3, 0.4) is 0 Å². The molecule has 0 saturated carbocycles. The van der Waals surface area contributed by atoms with Crippen molar-refractivity contribution in [3.8, 4) is 0 Å². The van der Waals surface area contributed by atoms with Crippen molar-refractivity contribution in [2.45, 2.75) is 19.3 Å². The van der Waals surface area contributed by atoms with E-state index < -0.39 is 0 Å². The minimum absolute atomic E-state index is 0.333. The molecule has 0 spiro atoms. The molecule has 3 heteroatoms. The van der Waals surface area contributed by atoms with Gasteiger partial charge in [0.05, 0.1) is 0 Å². The largest absolute Gasteiger partial charge is 0.396 e. The highest BCUT2D eigenvalue weighted by molar-refractivity contribution is 5.44. The van der Waals surface area contributed by atoms with Crippen LogP contribution in [-0.4, -0.2) is 29.8 Å². The van der Waals surface area contributed by atoms with Crippen LogP contribution in [0.15, 0.2) is 24.5 Å². The van der Waals surface area contributed by atoms with Crippen molar-refractivity contribution >= 4 is 5.69 Å². The van der Waals surface area contributed by atoms with Crippen LogP contribution in [0.2, 0.25) is 0 Å². The predicted molar refractivity (Wildman–Crippen MR) is 60.9 cm³/mol. The summed E-state index contributed by atoms with van der Waals surface area (Å²) >= 11 is 0. The molecule has 1 saturated heterocycles. The van der Waals surface area contributed by atoms with E-state index in [0.29, 0.717) is 12.5 Å². The van der Waals surface area contributed by atoms with E-state index in [0.717, 1.165) is 19.5 Å². The molecule has 0 aromatic carbocycles. The third-order valence-corrected chi connectivity index (χ3v) is 3.18. The zero-order valence-corrected chi connectivity index (χ0v) is 8.97. The number of rotatable bonds is 3. The van der Waals surface area contributed by atoms with Gasteiger partial charge in [0.15, 0.2) is 0 Å². The Bertz CT molecular complexity index is 281. The maximum Gasteiger partial charge on any atom is 0.0433 e. The van der Waals surface area contributed by atoms with Crippen molar-refractivity contribution in [1.82, 2.24) is 4.98 Å². The first kappa shape index (κ1) is 10.4. The van der Waals surface area contributed by atoms with E-state index >= 15 is 0 Å². The van der Waals surface area contributed by atoms with Gasteiger partial charge < -0.3 is 10.0 Å². The molecule has 0 unspecified atom stereocenters. The fourth-order valence-corrected chi connectivity index (χ4v) is 2.22. The van der Waals surface area contributed by atoms with E-state index in [1.54, 1.807) is 0 Å². The molecular weight excluding hydrogens is 188 g/mol. The van der Waals surface area contributed by atoms with Crippen LogP contribution in [0.25, 0.3) is 0 Å². The fraction of sp³-hybridized carbons (Fsp3) is 0.583. The van der Waals surface area contributed by atoms with Crippen molar-refractivity contribution in [2.75, 3.05) is 24.6 Å². The van der Waals surface area contributed by atoms with Gasteiger partial charge in [0, 0.05) is 37.8 Å². The Morgan fingerprint density at radius 2 is 1.93 bits per heavy atom. The molecule has 0 amide bonds. The highest BCUT2D eigenvalue weighted by atomic mass is 16.3. The normalized spacial score (nSPS) is 18.1. The lowest BCUT2D eigenvalue weighted by molar-refractivity contribution is 0.240. The van der Waals surface area contributed by atoms with E-state index in [1.807, 2.05) is 12.4 Å². The van der Waals surface area contributed by atoms with Crippen LogP contribution in [0.5, 0.6) is 0 Å². The number of aliphatic hydroxyl groups excluding tert-OH is 1. The zero-order chi connectivity index (χ0) is 10.5. The molecule has 1 aliphatic heterocycles. The molecule has 0 bridgehead atoms. The number of nitrogens with zero attached hydrogens (tertiary/aromatic N) is 2. The van der Waals surface area contributed by atoms with Crippen LogP contribution in [0.1, 0.15) is 19.3 Å². The topological polar surface area (TPSA) is 36.4 Å². The zero-order valence-electron chi connectivity index (χ0n) is 8.97. The number of anilines is 1. The molecular formula is C12H18N2O. The molecule has 1 N–H and O–H groups in total. The number of hydrogen-bond donors (Lipinski definition) is 1. The molecule has 2 heterocycles. The second-order valence-corrected chi connectivity index (χ2v) is 4.15. The number of hydrogen-bond acceptors (Lipinski definition) is 3. The predicted octanol–water partition coefficient (Wildman–Crippen LogP) is 1.68. The standard InChI is InChI=1S/C12H18N2O/c15-10-5-11-3-8-14(9-4-11)12-1-6-13-7-2-12/h1-2,6-7,11,15H,3-5,8-10H2. The van der Waals surface area contributed by atoms with E-state index in [9.17, 15) is 0 Å². The lowest BCUT2D eigenvalue weighted by Gasteiger charge is -2.33. The van der Waals surface area contributed by atoms with Crippen LogP contribution in [-0.2, 0) is 0 Å². The number of aromatic nitrogens is 1. The summed E-state index contributed by atoms with van der Waals surface area (Å²) in [7, 11) is 0. The fourth-order valence-electron chi connectivity index (χ4n) is 2.22. The molecule has 1 aromatic heterocycles. The first-order valence-corrected chi connectivity index (χ1v) is 5.66. The Hall–Kier alpha value is -1.09. The van der Waals surface area contributed by atoms with E-state index in [-0.39, 0.29) is 0 Å². The minimum atomic E-state index is 0.333. The Labute approximate surface area is 90.8 Å². The summed E-state index contributed by atoms with van der Waals surface area (Å²) in [6.07, 6.45) is 7.04. The quantitative estimate of drug-likeness (QED) is 0.817. The molecule has 0 atom stereocenters. The molecule has 0 radical (unpaired) electrons. The Balaban J connectivity index is 1.88. The number of piperidine rings is 1. The van der Waals surface area contributed by atoms with Crippen molar-refractivity contribution in [1.29, 1.82) is 0 Å². The molecule has 1 aromatic rings. The van der Waals surface area contributed by atoms with E-state index in [4.69, 9.17) is 5.11 Å². The van der Waals surface area contributed by atoms with Gasteiger partial charge in [-0.05, 0) is 37.3 Å². The highest BCUT2D eigenvalue weighted by Crippen LogP contribution is 2.24. The van der Waals surface area contributed by atoms with Gasteiger partial charge in [0.25, 0.3) is 0 Å². The number of pyridine rings is 1. The monoisotopic (exact) mass is 206 g/mol. The van der Waals surface area contributed by atoms with Crippen molar-refractivity contribution in [2.24, 2.45) is 5.92 Å². The SMILES string of the molecule is OCCC1CCN(c2ccncc2)CC1. The molecule has 0 aliphatic carbocycles. The summed E-state index contributed by atoms with van der Waals surface area (Å²) in [5.74, 6) is 0.716. The molecule has 2 rings (SSSR count). The minimum Gasteiger partial charge on any atom is -0.396 e. The van der Waals surface area contributed by atoms with Gasteiger partial charge in [0.2, 0.25) is 0 Å². The second kappa shape index (κ2) is 5.12. The Morgan fingerprint density at radius 3 is 2.53 bits per heavy atom. The first-order valence-electron chi connectivity index (χ1n) is 5.66. The van der Waals surface area contributed by atoms with Gasteiger partial charge in [-0.1, -0.05) is 0 Å². The maximum absolute atomic E-state index is 8.88. The summed E-state index contributed by atoms with van der Waals surface area (Å²) in [6.45, 7) is 2.54. The summed E-state index contributed by atoms with van der Waals surface area (Å²) in [4.78, 5) is 6.42. The molecule has 15 heavy (non-hydrogen) atoms. The van der Waals surface area contributed by atoms with Gasteiger partial charge in [-0.15, -0.1) is 0 Å². The van der Waals surface area contributed by atoms with Gasteiger partial charge in [-0.2, -0.15) is 0 Å². The molecule has 82 valence electrons. The average Bonchev–Trinajstić information content (AvgIpc) is 2.32. The summed E-state index contributed by atoms with van der Waals surface area (Å²) in [5.41, 5.74) is 1.27. The van der Waals surface area contributed by atoms with Crippen LogP contribution < -0.4 is 4.90 Å². The molecule has 1 fully saturated rings. The smallest absolute Gasteiger partial charge is 0.0433 e. The maximum atomic E-state index is 8.88. The summed E-state index contributed by atoms with van der Waals surface area (Å²) < 4.78 is 0. The van der Waals surface area contributed by atoms with Crippen molar-refractivity contribution in [3.63, 3.8) is 0 Å². The van der Waals surface area contributed by atoms with Gasteiger partial charge in [0.1, 0.15) is 0 Å². The average molecular weight is 206 g/mol. The van der Waals surface area contributed by atoms with Crippen LogP contribution >= 0.6 is 0 Å². The molecule has 1 aliphatic rings. The van der Waals surface area contributed by atoms with E-state index in [2.05, 4.69) is 22.0 Å². The van der Waals surface area contributed by atoms with Crippen molar-refractivity contribution in [3.05, 3.63) is 24.5 Å². The Kier molecular flexibility index (Phi) is 3.56. The van der Waals surface area contributed by atoms with Crippen molar-refractivity contribution < 1.29 is 5.11 Å². The van der Waals surface area contributed by atoms with Crippen LogP contribution in [0, 0.1) is 5.92 Å². The highest BCUT2D eigenvalue weighted by Gasteiger charge is 2.18.